The van der Waals surface area contributed by atoms with E-state index in [1.165, 1.54) is 18.7 Å². The van der Waals surface area contributed by atoms with Crippen LogP contribution in [0.5, 0.6) is 0 Å². The Hall–Kier alpha value is -0.830. The molecule has 84 valence electrons. The topological polar surface area (TPSA) is 29.9 Å². The monoisotopic (exact) mass is 207 g/mol. The summed E-state index contributed by atoms with van der Waals surface area (Å²) in [5, 5.41) is 3.41. The summed E-state index contributed by atoms with van der Waals surface area (Å²) >= 11 is 0. The first-order valence-corrected chi connectivity index (χ1v) is 5.96. The number of nitrogens with one attached hydrogen (secondary N) is 1. The zero-order chi connectivity index (χ0) is 10.8. The van der Waals surface area contributed by atoms with Crippen LogP contribution in [0.3, 0.4) is 0 Å². The van der Waals surface area contributed by atoms with Gasteiger partial charge in [-0.05, 0) is 31.7 Å². The molecule has 1 N–H and O–H groups in total. The van der Waals surface area contributed by atoms with Crippen LogP contribution in [0.15, 0.2) is 12.4 Å². The Balaban J connectivity index is 2.14. The highest BCUT2D eigenvalue weighted by molar-refractivity contribution is 5.06. The zero-order valence-corrected chi connectivity index (χ0v) is 9.90. The van der Waals surface area contributed by atoms with Crippen molar-refractivity contribution in [3.8, 4) is 0 Å². The van der Waals surface area contributed by atoms with E-state index in [9.17, 15) is 0 Å². The van der Waals surface area contributed by atoms with Crippen LogP contribution in [0, 0.1) is 11.8 Å². The molecular weight excluding hydrogens is 186 g/mol. The molecule has 3 heteroatoms. The lowest BCUT2D eigenvalue weighted by Crippen LogP contribution is -2.23. The Morgan fingerprint density at radius 3 is 2.93 bits per heavy atom. The van der Waals surface area contributed by atoms with E-state index >= 15 is 0 Å². The van der Waals surface area contributed by atoms with Gasteiger partial charge in [0.25, 0.3) is 0 Å². The number of hydrogen-bond acceptors (Lipinski definition) is 2. The molecule has 15 heavy (non-hydrogen) atoms. The fraction of sp³-hybridized carbons (Fsp3) is 0.750. The van der Waals surface area contributed by atoms with E-state index in [4.69, 9.17) is 0 Å². The summed E-state index contributed by atoms with van der Waals surface area (Å²) in [5.41, 5.74) is 0. The molecular formula is C12H21N3. The molecule has 1 heterocycles. The molecule has 1 aromatic heterocycles. The molecule has 0 bridgehead atoms. The lowest BCUT2D eigenvalue weighted by Gasteiger charge is -2.17. The molecule has 1 aromatic rings. The number of aromatic nitrogens is 2. The van der Waals surface area contributed by atoms with Crippen molar-refractivity contribution in [2.75, 3.05) is 7.05 Å². The molecule has 1 aliphatic rings. The summed E-state index contributed by atoms with van der Waals surface area (Å²) in [6, 6.07) is 0.446. The third kappa shape index (κ3) is 2.07. The summed E-state index contributed by atoms with van der Waals surface area (Å²) in [4.78, 5) is 4.50. The minimum atomic E-state index is 0.446. The van der Waals surface area contributed by atoms with Crippen LogP contribution in [0.25, 0.3) is 0 Å². The fourth-order valence-electron chi connectivity index (χ4n) is 2.38. The number of aryl methyl sites for hydroxylation is 1. The van der Waals surface area contributed by atoms with Crippen LogP contribution in [0.1, 0.15) is 38.6 Å². The SMILES string of the molecule is CCCn1ccnc1C(NC)C1CC1C. The molecule has 3 atom stereocenters. The highest BCUT2D eigenvalue weighted by Gasteiger charge is 2.41. The standard InChI is InChI=1S/C12H21N3/c1-4-6-15-7-5-14-12(15)11(13-3)10-8-9(10)2/h5,7,9-11,13H,4,6,8H2,1-3H3. The van der Waals surface area contributed by atoms with Crippen LogP contribution in [-0.4, -0.2) is 16.6 Å². The fourth-order valence-corrected chi connectivity index (χ4v) is 2.38. The van der Waals surface area contributed by atoms with Gasteiger partial charge in [0.15, 0.2) is 0 Å². The van der Waals surface area contributed by atoms with E-state index < -0.39 is 0 Å². The Kier molecular flexibility index (Phi) is 3.10. The van der Waals surface area contributed by atoms with Crippen LogP contribution in [0.2, 0.25) is 0 Å². The van der Waals surface area contributed by atoms with Crippen LogP contribution in [0.4, 0.5) is 0 Å². The van der Waals surface area contributed by atoms with Gasteiger partial charge < -0.3 is 9.88 Å². The van der Waals surface area contributed by atoms with Crippen molar-refractivity contribution < 1.29 is 0 Å². The highest BCUT2D eigenvalue weighted by atomic mass is 15.1. The van der Waals surface area contributed by atoms with Crippen LogP contribution < -0.4 is 5.32 Å². The zero-order valence-electron chi connectivity index (χ0n) is 9.90. The summed E-state index contributed by atoms with van der Waals surface area (Å²) in [6.07, 6.45) is 6.52. The van der Waals surface area contributed by atoms with Crippen molar-refractivity contribution in [2.45, 2.75) is 39.3 Å². The van der Waals surface area contributed by atoms with Gasteiger partial charge in [-0.1, -0.05) is 13.8 Å². The summed E-state index contributed by atoms with van der Waals surface area (Å²) in [7, 11) is 2.04. The Morgan fingerprint density at radius 2 is 2.40 bits per heavy atom. The molecule has 0 saturated heterocycles. The summed E-state index contributed by atoms with van der Waals surface area (Å²) in [5.74, 6) is 2.86. The van der Waals surface area contributed by atoms with Crippen molar-refractivity contribution in [1.82, 2.24) is 14.9 Å². The highest BCUT2D eigenvalue weighted by Crippen LogP contribution is 2.46. The number of nitrogens with zero attached hydrogens (tertiary/aromatic N) is 2. The van der Waals surface area contributed by atoms with Crippen LogP contribution >= 0.6 is 0 Å². The summed E-state index contributed by atoms with van der Waals surface area (Å²) < 4.78 is 2.28. The van der Waals surface area contributed by atoms with Gasteiger partial charge in [0.1, 0.15) is 5.82 Å². The molecule has 1 fully saturated rings. The lowest BCUT2D eigenvalue weighted by molar-refractivity contribution is 0.452. The minimum absolute atomic E-state index is 0.446. The maximum absolute atomic E-state index is 4.50. The van der Waals surface area contributed by atoms with Crippen molar-refractivity contribution in [1.29, 1.82) is 0 Å². The Bertz CT molecular complexity index is 318. The van der Waals surface area contributed by atoms with Crippen LogP contribution in [-0.2, 0) is 6.54 Å². The maximum Gasteiger partial charge on any atom is 0.126 e. The average Bonchev–Trinajstić information content (AvgIpc) is 2.76. The van der Waals surface area contributed by atoms with Crippen molar-refractivity contribution >= 4 is 0 Å². The number of imidazole rings is 1. The largest absolute Gasteiger partial charge is 0.334 e. The second-order valence-corrected chi connectivity index (χ2v) is 4.62. The molecule has 0 aromatic carbocycles. The van der Waals surface area contributed by atoms with Gasteiger partial charge in [0.2, 0.25) is 0 Å². The van der Waals surface area contributed by atoms with Gasteiger partial charge in [0.05, 0.1) is 6.04 Å². The van der Waals surface area contributed by atoms with Gasteiger partial charge in [-0.15, -0.1) is 0 Å². The van der Waals surface area contributed by atoms with E-state index in [0.29, 0.717) is 6.04 Å². The second kappa shape index (κ2) is 4.35. The molecule has 3 nitrogen and oxygen atoms in total. The first-order valence-electron chi connectivity index (χ1n) is 5.96. The molecule has 1 aliphatic carbocycles. The van der Waals surface area contributed by atoms with Gasteiger partial charge in [0, 0.05) is 18.9 Å². The second-order valence-electron chi connectivity index (χ2n) is 4.62. The van der Waals surface area contributed by atoms with Gasteiger partial charge >= 0.3 is 0 Å². The predicted molar refractivity (Wildman–Crippen MR) is 61.6 cm³/mol. The average molecular weight is 207 g/mol. The first kappa shape index (κ1) is 10.7. The quantitative estimate of drug-likeness (QED) is 0.802. The van der Waals surface area contributed by atoms with Crippen molar-refractivity contribution in [2.24, 2.45) is 11.8 Å². The number of hydrogen-bond donors (Lipinski definition) is 1. The van der Waals surface area contributed by atoms with E-state index in [1.54, 1.807) is 0 Å². The van der Waals surface area contributed by atoms with Crippen molar-refractivity contribution in [3.63, 3.8) is 0 Å². The molecule has 2 rings (SSSR count). The molecule has 0 aliphatic heterocycles. The smallest absolute Gasteiger partial charge is 0.126 e. The normalized spacial score (nSPS) is 26.6. The van der Waals surface area contributed by atoms with Crippen molar-refractivity contribution in [3.05, 3.63) is 18.2 Å². The predicted octanol–water partition coefficient (Wildman–Crippen LogP) is 2.21. The lowest BCUT2D eigenvalue weighted by atomic mass is 10.1. The Morgan fingerprint density at radius 1 is 1.67 bits per heavy atom. The minimum Gasteiger partial charge on any atom is -0.334 e. The summed E-state index contributed by atoms with van der Waals surface area (Å²) in [6.45, 7) is 5.61. The third-order valence-electron chi connectivity index (χ3n) is 3.40. The first-order chi connectivity index (χ1) is 7.27. The molecule has 0 spiro atoms. The van der Waals surface area contributed by atoms with E-state index in [0.717, 1.165) is 18.4 Å². The van der Waals surface area contributed by atoms with Gasteiger partial charge in [-0.3, -0.25) is 0 Å². The molecule has 0 radical (unpaired) electrons. The molecule has 0 amide bonds. The molecule has 1 saturated carbocycles. The van der Waals surface area contributed by atoms with E-state index in [2.05, 4.69) is 34.9 Å². The van der Waals surface area contributed by atoms with E-state index in [-0.39, 0.29) is 0 Å². The van der Waals surface area contributed by atoms with E-state index in [1.807, 2.05) is 13.2 Å². The maximum atomic E-state index is 4.50. The van der Waals surface area contributed by atoms with Gasteiger partial charge in [-0.25, -0.2) is 4.98 Å². The Labute approximate surface area is 91.9 Å². The van der Waals surface area contributed by atoms with Gasteiger partial charge in [-0.2, -0.15) is 0 Å². The number of rotatable bonds is 5. The third-order valence-corrected chi connectivity index (χ3v) is 3.40. The molecule has 3 unspecified atom stereocenters.